The first-order valence-corrected chi connectivity index (χ1v) is 12.7. The highest BCUT2D eigenvalue weighted by atomic mass is 32.1. The molecule has 0 saturated carbocycles. The number of nitrogens with zero attached hydrogens (tertiary/aromatic N) is 6. The maximum atomic E-state index is 12.3. The summed E-state index contributed by atoms with van der Waals surface area (Å²) >= 11 is 1.32. The molecule has 2 saturated heterocycles. The van der Waals surface area contributed by atoms with E-state index in [9.17, 15) is 4.79 Å². The molecule has 0 radical (unpaired) electrons. The number of carbonyl (C=O) groups excluding carboxylic acids is 1. The van der Waals surface area contributed by atoms with Gasteiger partial charge >= 0.3 is 5.97 Å². The van der Waals surface area contributed by atoms with Crippen LogP contribution in [0.5, 0.6) is 11.5 Å². The molecule has 0 bridgehead atoms. The number of nitrogens with one attached hydrogen (secondary N) is 1. The van der Waals surface area contributed by atoms with Gasteiger partial charge in [-0.3, -0.25) is 0 Å². The van der Waals surface area contributed by atoms with E-state index in [-0.39, 0.29) is 0 Å². The number of hydrogen-bond acceptors (Lipinski definition) is 13. The lowest BCUT2D eigenvalue weighted by molar-refractivity contribution is 0.0735. The van der Waals surface area contributed by atoms with Crippen molar-refractivity contribution >= 4 is 41.4 Å². The van der Waals surface area contributed by atoms with Crippen molar-refractivity contribution in [1.82, 2.24) is 15.0 Å². The van der Waals surface area contributed by atoms with E-state index in [0.29, 0.717) is 86.8 Å². The van der Waals surface area contributed by atoms with Gasteiger partial charge in [-0.2, -0.15) is 20.1 Å². The average Bonchev–Trinajstić information content (AvgIpc) is 3.50. The average molecular weight is 526 g/mol. The molecule has 1 aromatic carbocycles. The van der Waals surface area contributed by atoms with Gasteiger partial charge in [-0.25, -0.2) is 10.2 Å². The molecule has 2 aliphatic heterocycles. The Kier molecular flexibility index (Phi) is 8.03. The monoisotopic (exact) mass is 525 g/mol. The molecular weight excluding hydrogens is 498 g/mol. The van der Waals surface area contributed by atoms with Crippen LogP contribution in [-0.4, -0.2) is 86.9 Å². The Morgan fingerprint density at radius 2 is 1.68 bits per heavy atom. The van der Waals surface area contributed by atoms with Gasteiger partial charge in [0.1, 0.15) is 4.88 Å². The fourth-order valence-corrected chi connectivity index (χ4v) is 4.37. The Labute approximate surface area is 217 Å². The normalized spacial score (nSPS) is 16.1. The van der Waals surface area contributed by atoms with E-state index in [0.717, 1.165) is 5.56 Å². The lowest BCUT2D eigenvalue weighted by Gasteiger charge is -2.30. The maximum absolute atomic E-state index is 12.3. The third kappa shape index (κ3) is 6.31. The predicted molar refractivity (Wildman–Crippen MR) is 139 cm³/mol. The minimum Gasteiger partial charge on any atom is -0.493 e. The summed E-state index contributed by atoms with van der Waals surface area (Å²) in [6, 6.07) is 8.68. The van der Waals surface area contributed by atoms with Crippen molar-refractivity contribution in [2.45, 2.75) is 0 Å². The van der Waals surface area contributed by atoms with Crippen LogP contribution in [0.15, 0.2) is 40.8 Å². The molecule has 2 fully saturated rings. The number of aromatic nitrogens is 3. The van der Waals surface area contributed by atoms with Crippen LogP contribution in [0, 0.1) is 0 Å². The van der Waals surface area contributed by atoms with Gasteiger partial charge in [0, 0.05) is 26.2 Å². The van der Waals surface area contributed by atoms with Crippen LogP contribution in [0.4, 0.5) is 17.8 Å². The first-order valence-electron chi connectivity index (χ1n) is 11.8. The lowest BCUT2D eigenvalue weighted by atomic mass is 10.2. The molecule has 13 heteroatoms. The van der Waals surface area contributed by atoms with Gasteiger partial charge in [0.2, 0.25) is 17.8 Å². The molecule has 4 heterocycles. The molecule has 2 aromatic heterocycles. The molecule has 0 unspecified atom stereocenters. The van der Waals surface area contributed by atoms with Crippen molar-refractivity contribution in [2.24, 2.45) is 5.10 Å². The summed E-state index contributed by atoms with van der Waals surface area (Å²) in [6.07, 6.45) is 1.61. The van der Waals surface area contributed by atoms with Crippen LogP contribution in [0.2, 0.25) is 0 Å². The molecule has 2 aliphatic rings. The van der Waals surface area contributed by atoms with Gasteiger partial charge < -0.3 is 28.7 Å². The number of ether oxygens (including phenoxy) is 4. The van der Waals surface area contributed by atoms with Crippen molar-refractivity contribution in [3.05, 3.63) is 46.2 Å². The van der Waals surface area contributed by atoms with Gasteiger partial charge in [-0.05, 0) is 35.2 Å². The zero-order valence-corrected chi connectivity index (χ0v) is 21.1. The highest BCUT2D eigenvalue weighted by molar-refractivity contribution is 7.12. The first kappa shape index (κ1) is 24.9. The molecule has 194 valence electrons. The molecule has 0 aliphatic carbocycles. The highest BCUT2D eigenvalue weighted by Gasteiger charge is 2.20. The molecule has 0 atom stereocenters. The second-order valence-electron chi connectivity index (χ2n) is 8.10. The number of carbonyl (C=O) groups is 1. The van der Waals surface area contributed by atoms with Crippen molar-refractivity contribution in [3.8, 4) is 11.5 Å². The van der Waals surface area contributed by atoms with Crippen LogP contribution in [0.25, 0.3) is 0 Å². The molecule has 1 N–H and O–H groups in total. The lowest BCUT2D eigenvalue weighted by Crippen LogP contribution is -2.40. The molecule has 0 spiro atoms. The third-order valence-electron chi connectivity index (χ3n) is 5.69. The van der Waals surface area contributed by atoms with E-state index in [1.54, 1.807) is 36.5 Å². The smallest absolute Gasteiger partial charge is 0.353 e. The van der Waals surface area contributed by atoms with E-state index < -0.39 is 5.97 Å². The molecule has 37 heavy (non-hydrogen) atoms. The molecule has 5 rings (SSSR count). The minimum atomic E-state index is -0.432. The van der Waals surface area contributed by atoms with E-state index in [1.807, 2.05) is 5.38 Å². The third-order valence-corrected chi connectivity index (χ3v) is 6.54. The van der Waals surface area contributed by atoms with Crippen LogP contribution >= 0.6 is 11.3 Å². The van der Waals surface area contributed by atoms with E-state index in [4.69, 9.17) is 23.9 Å². The number of methoxy groups -OCH3 is 1. The number of anilines is 3. The fraction of sp³-hybridized carbons (Fsp3) is 0.375. The summed E-state index contributed by atoms with van der Waals surface area (Å²) in [4.78, 5) is 30.8. The SMILES string of the molecule is COc1cc(/C=N/Nc2nc(N3CCOCC3)nc(N3CCOCC3)n2)ccc1OC(=O)c1cccs1. The van der Waals surface area contributed by atoms with Gasteiger partial charge in [0.25, 0.3) is 0 Å². The van der Waals surface area contributed by atoms with Crippen LogP contribution < -0.4 is 24.7 Å². The predicted octanol–water partition coefficient (Wildman–Crippen LogP) is 2.28. The Bertz CT molecular complexity index is 1190. The Balaban J connectivity index is 1.31. The minimum absolute atomic E-state index is 0.328. The van der Waals surface area contributed by atoms with E-state index >= 15 is 0 Å². The summed E-state index contributed by atoms with van der Waals surface area (Å²) in [6.45, 7) is 5.33. The zero-order valence-electron chi connectivity index (χ0n) is 20.3. The topological polar surface area (TPSA) is 124 Å². The second kappa shape index (κ2) is 12.0. The largest absolute Gasteiger partial charge is 0.493 e. The summed E-state index contributed by atoms with van der Waals surface area (Å²) < 4.78 is 21.8. The zero-order chi connectivity index (χ0) is 25.5. The van der Waals surface area contributed by atoms with Crippen LogP contribution in [-0.2, 0) is 9.47 Å². The number of morpholine rings is 2. The summed E-state index contributed by atoms with van der Waals surface area (Å²) in [5.74, 6) is 1.81. The molecule has 12 nitrogen and oxygen atoms in total. The standard InChI is InChI=1S/C24H27N7O5S/c1-33-19-15-17(4-5-18(19)36-21(32)20-3-2-14-37-20)16-25-29-22-26-23(30-6-10-34-11-7-30)28-24(27-22)31-8-12-35-13-9-31/h2-5,14-16H,6-13H2,1H3,(H,26,27,28,29)/b25-16+. The number of hydrogen-bond donors (Lipinski definition) is 1. The molecule has 3 aromatic rings. The van der Waals surface area contributed by atoms with Gasteiger partial charge in [-0.15, -0.1) is 11.3 Å². The number of benzene rings is 1. The van der Waals surface area contributed by atoms with Crippen molar-refractivity contribution < 1.29 is 23.7 Å². The van der Waals surface area contributed by atoms with Gasteiger partial charge in [0.05, 0.1) is 39.8 Å². The Morgan fingerprint density at radius 1 is 1.00 bits per heavy atom. The number of thiophene rings is 1. The van der Waals surface area contributed by atoms with E-state index in [2.05, 4.69) is 30.3 Å². The second-order valence-corrected chi connectivity index (χ2v) is 9.05. The van der Waals surface area contributed by atoms with Crippen molar-refractivity contribution in [2.75, 3.05) is 74.9 Å². The first-order chi connectivity index (χ1) is 18.2. The van der Waals surface area contributed by atoms with Crippen LogP contribution in [0.1, 0.15) is 15.2 Å². The summed E-state index contributed by atoms with van der Waals surface area (Å²) in [5.41, 5.74) is 3.65. The van der Waals surface area contributed by atoms with Gasteiger partial charge in [0.15, 0.2) is 11.5 Å². The van der Waals surface area contributed by atoms with Crippen molar-refractivity contribution in [3.63, 3.8) is 0 Å². The number of hydrazone groups is 1. The van der Waals surface area contributed by atoms with Crippen LogP contribution in [0.3, 0.4) is 0 Å². The van der Waals surface area contributed by atoms with E-state index in [1.165, 1.54) is 18.4 Å². The molecule has 0 amide bonds. The summed E-state index contributed by atoms with van der Waals surface area (Å²) in [5, 5.41) is 6.14. The highest BCUT2D eigenvalue weighted by Crippen LogP contribution is 2.29. The maximum Gasteiger partial charge on any atom is 0.353 e. The number of rotatable bonds is 8. The van der Waals surface area contributed by atoms with Crippen molar-refractivity contribution in [1.29, 1.82) is 0 Å². The number of esters is 1. The van der Waals surface area contributed by atoms with Gasteiger partial charge in [-0.1, -0.05) is 6.07 Å². The Hall–Kier alpha value is -3.81. The fourth-order valence-electron chi connectivity index (χ4n) is 3.77. The Morgan fingerprint density at radius 3 is 2.27 bits per heavy atom. The molecular formula is C24H27N7O5S. The summed E-state index contributed by atoms with van der Waals surface area (Å²) in [7, 11) is 1.52. The quantitative estimate of drug-likeness (QED) is 0.202.